The Morgan fingerprint density at radius 3 is 2.60 bits per heavy atom. The fraction of sp³-hybridized carbons (Fsp3) is 0.333. The lowest BCUT2D eigenvalue weighted by atomic mass is 10.1. The van der Waals surface area contributed by atoms with Crippen molar-refractivity contribution in [1.82, 2.24) is 20.6 Å². The second-order valence-corrected chi connectivity index (χ2v) is 7.98. The van der Waals surface area contributed by atoms with Crippen molar-refractivity contribution < 1.29 is 36.0 Å². The second kappa shape index (κ2) is 9.00. The second-order valence-electron chi connectivity index (χ2n) is 7.98. The third kappa shape index (κ3) is 4.95. The van der Waals surface area contributed by atoms with Gasteiger partial charge in [0.15, 0.2) is 17.4 Å². The van der Waals surface area contributed by atoms with Crippen molar-refractivity contribution in [2.75, 3.05) is 23.3 Å². The van der Waals surface area contributed by atoms with Gasteiger partial charge in [0.2, 0.25) is 11.9 Å². The molecule has 1 saturated heterocycles. The Balaban J connectivity index is 1.52. The Hall–Kier alpha value is -3.97. The predicted octanol–water partition coefficient (Wildman–Crippen LogP) is 3.56. The minimum atomic E-state index is -5.02. The zero-order valence-electron chi connectivity index (χ0n) is 18.3. The Morgan fingerprint density at radius 1 is 1.26 bits per heavy atom. The summed E-state index contributed by atoms with van der Waals surface area (Å²) in [6.45, 7) is 3.47. The molecule has 3 aromatic rings. The summed E-state index contributed by atoms with van der Waals surface area (Å²) in [6, 6.07) is -2.67. The van der Waals surface area contributed by atoms with Crippen LogP contribution in [0.3, 0.4) is 0 Å². The molecule has 0 bridgehead atoms. The molecule has 1 aromatic carbocycles. The van der Waals surface area contributed by atoms with Crippen LogP contribution in [0.5, 0.6) is 0 Å². The van der Waals surface area contributed by atoms with Crippen LogP contribution in [0.4, 0.5) is 38.4 Å². The van der Waals surface area contributed by atoms with Gasteiger partial charge in [0, 0.05) is 29.6 Å². The molecule has 1 aliphatic heterocycles. The highest BCUT2D eigenvalue weighted by Gasteiger charge is 2.45. The molecule has 3 heterocycles. The highest BCUT2D eigenvalue weighted by Crippen LogP contribution is 2.39. The highest BCUT2D eigenvalue weighted by molar-refractivity contribution is 5.90. The van der Waals surface area contributed by atoms with Crippen LogP contribution in [0.25, 0.3) is 11.0 Å². The summed E-state index contributed by atoms with van der Waals surface area (Å²) in [5, 5.41) is 6.44. The lowest BCUT2D eigenvalue weighted by Gasteiger charge is -2.33. The number of benzene rings is 1. The molecule has 186 valence electrons. The number of carbonyl (C=O) groups excluding carboxylic acids is 2. The lowest BCUT2D eigenvalue weighted by Crippen LogP contribution is -2.53. The smallest absolute Gasteiger partial charge is 0.416 e. The van der Waals surface area contributed by atoms with Crippen molar-refractivity contribution >= 4 is 34.5 Å². The van der Waals surface area contributed by atoms with Crippen molar-refractivity contribution in [3.05, 3.63) is 47.5 Å². The molecule has 0 spiro atoms. The fourth-order valence-electron chi connectivity index (χ4n) is 3.67. The highest BCUT2D eigenvalue weighted by atomic mass is 19.4. The van der Waals surface area contributed by atoms with Crippen molar-refractivity contribution in [3.63, 3.8) is 0 Å². The number of nitrogens with one attached hydrogen (secondary N) is 3. The molecule has 2 aromatic heterocycles. The average molecular weight is 498 g/mol. The maximum absolute atomic E-state index is 14.0. The number of alkyl halides is 3. The molecule has 4 rings (SSSR count). The van der Waals surface area contributed by atoms with Crippen LogP contribution in [0.1, 0.15) is 24.3 Å². The molecule has 35 heavy (non-hydrogen) atoms. The summed E-state index contributed by atoms with van der Waals surface area (Å²) < 4.78 is 74.0. The van der Waals surface area contributed by atoms with Gasteiger partial charge in [-0.25, -0.2) is 23.5 Å². The van der Waals surface area contributed by atoms with Crippen molar-refractivity contribution in [1.29, 1.82) is 0 Å². The van der Waals surface area contributed by atoms with Gasteiger partial charge in [-0.2, -0.15) is 13.2 Å². The summed E-state index contributed by atoms with van der Waals surface area (Å²) in [5.74, 6) is -2.94. The van der Waals surface area contributed by atoms with E-state index in [0.717, 1.165) is 6.07 Å². The molecule has 0 radical (unpaired) electrons. The number of halogens is 5. The number of piperazine rings is 1. The third-order valence-electron chi connectivity index (χ3n) is 5.45. The first-order valence-electron chi connectivity index (χ1n) is 10.3. The maximum Gasteiger partial charge on any atom is 0.416 e. The largest absolute Gasteiger partial charge is 0.455 e. The van der Waals surface area contributed by atoms with Gasteiger partial charge < -0.3 is 25.3 Å². The van der Waals surface area contributed by atoms with E-state index in [2.05, 4.69) is 20.6 Å². The van der Waals surface area contributed by atoms with Gasteiger partial charge in [0.1, 0.15) is 18.1 Å². The van der Waals surface area contributed by atoms with Crippen molar-refractivity contribution in [2.45, 2.75) is 32.1 Å². The van der Waals surface area contributed by atoms with Gasteiger partial charge in [0.25, 0.3) is 0 Å². The van der Waals surface area contributed by atoms with E-state index >= 15 is 0 Å². The van der Waals surface area contributed by atoms with Crippen LogP contribution in [-0.2, 0) is 4.79 Å². The fourth-order valence-corrected chi connectivity index (χ4v) is 3.67. The number of furan rings is 1. The van der Waals surface area contributed by atoms with Crippen LogP contribution in [0.15, 0.2) is 28.9 Å². The Kier molecular flexibility index (Phi) is 6.21. The molecule has 1 unspecified atom stereocenters. The van der Waals surface area contributed by atoms with Gasteiger partial charge >= 0.3 is 12.2 Å². The van der Waals surface area contributed by atoms with E-state index in [9.17, 15) is 31.5 Å². The third-order valence-corrected chi connectivity index (χ3v) is 5.45. The molecule has 14 heteroatoms. The van der Waals surface area contributed by atoms with E-state index in [-0.39, 0.29) is 41.1 Å². The zero-order chi connectivity index (χ0) is 25.5. The van der Waals surface area contributed by atoms with E-state index < -0.39 is 41.2 Å². The SMILES string of the molecule is Cc1c(C(NC(=O)Nc2cnc(N3CC(=O)NC[C@H]3C)nc2)C(F)(F)F)oc2c(F)cc(F)cc12. The first-order valence-corrected chi connectivity index (χ1v) is 10.3. The number of aromatic nitrogens is 2. The number of urea groups is 1. The summed E-state index contributed by atoms with van der Waals surface area (Å²) in [5.41, 5.74) is -0.746. The molecule has 3 N–H and O–H groups in total. The number of carbonyl (C=O) groups is 2. The van der Waals surface area contributed by atoms with E-state index in [1.54, 1.807) is 10.2 Å². The molecule has 1 fully saturated rings. The monoisotopic (exact) mass is 498 g/mol. The minimum absolute atomic E-state index is 0.0178. The standard InChI is InChI=1S/C21H19F5N6O3/c1-9-5-27-15(33)8-32(9)19-28-6-12(7-29-19)30-20(34)31-18(21(24,25)26)16-10(2)13-3-11(22)4-14(23)17(13)35-16/h3-4,6-7,9,18H,5,8H2,1-2H3,(H,27,33)(H2,30,31,34)/t9-,18?/m1/s1. The number of anilines is 2. The zero-order valence-corrected chi connectivity index (χ0v) is 18.3. The van der Waals surface area contributed by atoms with Gasteiger partial charge in [-0.05, 0) is 19.9 Å². The first kappa shape index (κ1) is 24.2. The topological polar surface area (TPSA) is 112 Å². The summed E-state index contributed by atoms with van der Waals surface area (Å²) in [6.07, 6.45) is -2.67. The van der Waals surface area contributed by atoms with E-state index in [1.807, 2.05) is 6.92 Å². The van der Waals surface area contributed by atoms with E-state index in [1.165, 1.54) is 19.3 Å². The number of amides is 3. The van der Waals surface area contributed by atoms with E-state index in [0.29, 0.717) is 12.6 Å². The van der Waals surface area contributed by atoms with Gasteiger partial charge in [-0.3, -0.25) is 4.79 Å². The lowest BCUT2D eigenvalue weighted by molar-refractivity contribution is -0.158. The molecule has 0 aliphatic carbocycles. The normalized spacial score (nSPS) is 17.3. The molecule has 3 amide bonds. The Bertz CT molecular complexity index is 1280. The van der Waals surface area contributed by atoms with Gasteiger partial charge in [0.05, 0.1) is 18.1 Å². The number of hydrogen-bond acceptors (Lipinski definition) is 6. The first-order chi connectivity index (χ1) is 16.4. The van der Waals surface area contributed by atoms with Crippen LogP contribution < -0.4 is 20.9 Å². The predicted molar refractivity (Wildman–Crippen MR) is 114 cm³/mol. The molecule has 1 aliphatic rings. The molecule has 2 atom stereocenters. The van der Waals surface area contributed by atoms with Gasteiger partial charge in [-0.15, -0.1) is 0 Å². The van der Waals surface area contributed by atoms with Crippen molar-refractivity contribution in [2.24, 2.45) is 0 Å². The van der Waals surface area contributed by atoms with Crippen LogP contribution in [0.2, 0.25) is 0 Å². The average Bonchev–Trinajstić information content (AvgIpc) is 3.10. The number of nitrogens with zero attached hydrogens (tertiary/aromatic N) is 3. The Morgan fingerprint density at radius 2 is 1.94 bits per heavy atom. The molecule has 0 saturated carbocycles. The number of hydrogen-bond donors (Lipinski definition) is 3. The van der Waals surface area contributed by atoms with Crippen LogP contribution >= 0.6 is 0 Å². The Labute approximate surface area is 194 Å². The molecule has 9 nitrogen and oxygen atoms in total. The summed E-state index contributed by atoms with van der Waals surface area (Å²) in [7, 11) is 0. The minimum Gasteiger partial charge on any atom is -0.455 e. The van der Waals surface area contributed by atoms with E-state index in [4.69, 9.17) is 4.42 Å². The van der Waals surface area contributed by atoms with Gasteiger partial charge in [-0.1, -0.05) is 0 Å². The number of fused-ring (bicyclic) bond motifs is 1. The number of aryl methyl sites for hydroxylation is 1. The quantitative estimate of drug-likeness (QED) is 0.475. The number of rotatable bonds is 4. The van der Waals surface area contributed by atoms with Crippen molar-refractivity contribution in [3.8, 4) is 0 Å². The summed E-state index contributed by atoms with van der Waals surface area (Å²) in [4.78, 5) is 33.7. The van der Waals surface area contributed by atoms with Crippen LogP contribution in [0, 0.1) is 18.6 Å². The summed E-state index contributed by atoms with van der Waals surface area (Å²) >= 11 is 0. The molecular formula is C21H19F5N6O3. The maximum atomic E-state index is 14.0. The molecular weight excluding hydrogens is 479 g/mol. The van der Waals surface area contributed by atoms with Crippen LogP contribution in [-0.4, -0.2) is 47.2 Å².